The summed E-state index contributed by atoms with van der Waals surface area (Å²) in [6.07, 6.45) is 9.21. The van der Waals surface area contributed by atoms with Gasteiger partial charge in [-0.25, -0.2) is 4.98 Å². The maximum Gasteiger partial charge on any atom is 0.267 e. The fourth-order valence-electron chi connectivity index (χ4n) is 4.44. The van der Waals surface area contributed by atoms with Gasteiger partial charge < -0.3 is 10.4 Å². The SMILES string of the molecule is CCCCCCCCN1C(=O)C(=Cc2c(NCC(O)c3ccccc3)nc3c(C)cccn3c2=O)SC1=S. The number of anilines is 1. The molecule has 9 heteroatoms. The molecule has 1 aliphatic rings. The van der Waals surface area contributed by atoms with E-state index < -0.39 is 6.10 Å². The Kier molecular flexibility index (Phi) is 9.71. The number of fused-ring (bicyclic) bond motifs is 1. The molecule has 1 fully saturated rings. The van der Waals surface area contributed by atoms with Crippen LogP contribution in [0.1, 0.15) is 68.2 Å². The van der Waals surface area contributed by atoms with Gasteiger partial charge in [0.2, 0.25) is 0 Å². The fraction of sp³-hybridized carbons (Fsp3) is 0.379. The number of aliphatic hydroxyl groups excluding tert-OH is 1. The fourth-order valence-corrected chi connectivity index (χ4v) is 5.73. The summed E-state index contributed by atoms with van der Waals surface area (Å²) in [6, 6.07) is 13.0. The number of carbonyl (C=O) groups excluding carboxylic acids is 1. The number of amides is 1. The lowest BCUT2D eigenvalue weighted by molar-refractivity contribution is -0.122. The topological polar surface area (TPSA) is 86.9 Å². The minimum Gasteiger partial charge on any atom is -0.387 e. The van der Waals surface area contributed by atoms with Gasteiger partial charge in [0.05, 0.1) is 16.6 Å². The molecule has 1 unspecified atom stereocenters. The van der Waals surface area contributed by atoms with Crippen molar-refractivity contribution in [3.8, 4) is 0 Å². The number of thioether (sulfide) groups is 1. The molecule has 1 aromatic carbocycles. The Morgan fingerprint density at radius 2 is 1.82 bits per heavy atom. The van der Waals surface area contributed by atoms with Crippen LogP contribution in [0.15, 0.2) is 58.4 Å². The van der Waals surface area contributed by atoms with Gasteiger partial charge >= 0.3 is 0 Å². The Morgan fingerprint density at radius 1 is 1.08 bits per heavy atom. The lowest BCUT2D eigenvalue weighted by Gasteiger charge is -2.16. The third-order valence-corrected chi connectivity index (χ3v) is 7.99. The van der Waals surface area contributed by atoms with Gasteiger partial charge in [-0.15, -0.1) is 0 Å². The first-order valence-electron chi connectivity index (χ1n) is 13.1. The zero-order chi connectivity index (χ0) is 27.1. The van der Waals surface area contributed by atoms with E-state index in [4.69, 9.17) is 17.2 Å². The maximum atomic E-state index is 13.6. The Morgan fingerprint density at radius 3 is 2.58 bits per heavy atom. The third kappa shape index (κ3) is 6.51. The summed E-state index contributed by atoms with van der Waals surface area (Å²) in [5.74, 6) is 0.137. The highest BCUT2D eigenvalue weighted by Crippen LogP contribution is 2.33. The average molecular weight is 551 g/mol. The minimum absolute atomic E-state index is 0.151. The van der Waals surface area contributed by atoms with Crippen LogP contribution in [-0.2, 0) is 4.79 Å². The number of benzene rings is 1. The number of hydrogen-bond acceptors (Lipinski definition) is 7. The van der Waals surface area contributed by atoms with E-state index in [9.17, 15) is 14.7 Å². The van der Waals surface area contributed by atoms with Crippen molar-refractivity contribution in [2.45, 2.75) is 58.5 Å². The number of thiocarbonyl (C=S) groups is 1. The quantitative estimate of drug-likeness (QED) is 0.170. The number of carbonyl (C=O) groups is 1. The second kappa shape index (κ2) is 13.2. The van der Waals surface area contributed by atoms with Crippen molar-refractivity contribution in [3.05, 3.63) is 80.6 Å². The smallest absolute Gasteiger partial charge is 0.267 e. The van der Waals surface area contributed by atoms with Crippen molar-refractivity contribution in [2.24, 2.45) is 0 Å². The number of aryl methyl sites for hydroxylation is 1. The molecule has 3 heterocycles. The lowest BCUT2D eigenvalue weighted by atomic mass is 10.1. The molecule has 0 saturated carbocycles. The normalized spacial score (nSPS) is 15.6. The van der Waals surface area contributed by atoms with Crippen molar-refractivity contribution in [2.75, 3.05) is 18.4 Å². The monoisotopic (exact) mass is 550 g/mol. The molecule has 2 aromatic heterocycles. The molecule has 7 nitrogen and oxygen atoms in total. The summed E-state index contributed by atoms with van der Waals surface area (Å²) in [6.45, 7) is 4.81. The average Bonchev–Trinajstić information content (AvgIpc) is 3.19. The van der Waals surface area contributed by atoms with E-state index in [1.807, 2.05) is 43.3 Å². The summed E-state index contributed by atoms with van der Waals surface area (Å²) in [5.41, 5.74) is 2.07. The van der Waals surface area contributed by atoms with Gasteiger partial charge in [-0.2, -0.15) is 0 Å². The molecule has 38 heavy (non-hydrogen) atoms. The van der Waals surface area contributed by atoms with Crippen LogP contribution in [-0.4, -0.2) is 42.7 Å². The number of aromatic nitrogens is 2. The Balaban J connectivity index is 1.60. The summed E-state index contributed by atoms with van der Waals surface area (Å²) in [7, 11) is 0. The van der Waals surface area contributed by atoms with Crippen molar-refractivity contribution in [1.82, 2.24) is 14.3 Å². The van der Waals surface area contributed by atoms with Crippen LogP contribution in [0.25, 0.3) is 11.7 Å². The number of aliphatic hydroxyl groups is 1. The van der Waals surface area contributed by atoms with Crippen molar-refractivity contribution < 1.29 is 9.90 Å². The molecule has 1 amide bonds. The van der Waals surface area contributed by atoms with Crippen LogP contribution >= 0.6 is 24.0 Å². The summed E-state index contributed by atoms with van der Waals surface area (Å²) < 4.78 is 1.99. The summed E-state index contributed by atoms with van der Waals surface area (Å²) >= 11 is 6.72. The van der Waals surface area contributed by atoms with Gasteiger partial charge in [-0.3, -0.25) is 18.9 Å². The van der Waals surface area contributed by atoms with Crippen molar-refractivity contribution in [1.29, 1.82) is 0 Å². The molecule has 2 N–H and O–H groups in total. The Bertz CT molecular complexity index is 1390. The zero-order valence-electron chi connectivity index (χ0n) is 21.9. The number of hydrogen-bond donors (Lipinski definition) is 2. The van der Waals surface area contributed by atoms with E-state index in [0.717, 1.165) is 30.4 Å². The molecule has 1 saturated heterocycles. The lowest BCUT2D eigenvalue weighted by Crippen LogP contribution is -2.29. The van der Waals surface area contributed by atoms with Gasteiger partial charge in [0.25, 0.3) is 11.5 Å². The molecule has 0 bridgehead atoms. The largest absolute Gasteiger partial charge is 0.387 e. The van der Waals surface area contributed by atoms with E-state index in [0.29, 0.717) is 27.2 Å². The number of nitrogens with zero attached hydrogens (tertiary/aromatic N) is 3. The molecular weight excluding hydrogens is 516 g/mol. The molecule has 1 aliphatic heterocycles. The van der Waals surface area contributed by atoms with Crippen LogP contribution in [0, 0.1) is 6.92 Å². The number of nitrogens with one attached hydrogen (secondary N) is 1. The summed E-state index contributed by atoms with van der Waals surface area (Å²) in [4.78, 5) is 33.6. The molecule has 3 aromatic rings. The number of pyridine rings is 1. The van der Waals surface area contributed by atoms with Crippen molar-refractivity contribution >= 4 is 51.7 Å². The van der Waals surface area contributed by atoms with E-state index in [-0.39, 0.29) is 23.6 Å². The maximum absolute atomic E-state index is 13.6. The van der Waals surface area contributed by atoms with Gasteiger partial charge in [0, 0.05) is 19.3 Å². The first-order chi connectivity index (χ1) is 18.4. The van der Waals surface area contributed by atoms with E-state index in [1.165, 1.54) is 35.4 Å². The Hall–Kier alpha value is -3.01. The van der Waals surface area contributed by atoms with Crippen LogP contribution < -0.4 is 10.9 Å². The van der Waals surface area contributed by atoms with Gasteiger partial charge in [-0.05, 0) is 36.6 Å². The highest BCUT2D eigenvalue weighted by atomic mass is 32.2. The summed E-state index contributed by atoms with van der Waals surface area (Å²) in [5, 5.41) is 13.8. The van der Waals surface area contributed by atoms with Crippen LogP contribution in [0.3, 0.4) is 0 Å². The third-order valence-electron chi connectivity index (χ3n) is 6.62. The molecule has 1 atom stereocenters. The van der Waals surface area contributed by atoms with E-state index in [2.05, 4.69) is 12.2 Å². The van der Waals surface area contributed by atoms with Gasteiger partial charge in [0.15, 0.2) is 0 Å². The number of unbranched alkanes of at least 4 members (excludes halogenated alkanes) is 5. The molecule has 0 spiro atoms. The van der Waals surface area contributed by atoms with E-state index in [1.54, 1.807) is 23.2 Å². The van der Waals surface area contributed by atoms with Crippen LogP contribution in [0.4, 0.5) is 5.82 Å². The molecule has 0 aliphatic carbocycles. The zero-order valence-corrected chi connectivity index (χ0v) is 23.5. The van der Waals surface area contributed by atoms with Crippen LogP contribution in [0.2, 0.25) is 0 Å². The van der Waals surface area contributed by atoms with Gasteiger partial charge in [0.1, 0.15) is 15.8 Å². The highest BCUT2D eigenvalue weighted by Gasteiger charge is 2.32. The molecule has 0 radical (unpaired) electrons. The first kappa shape index (κ1) is 28.0. The first-order valence-corrected chi connectivity index (χ1v) is 14.4. The van der Waals surface area contributed by atoms with Crippen LogP contribution in [0.5, 0.6) is 0 Å². The van der Waals surface area contributed by atoms with Crippen molar-refractivity contribution in [3.63, 3.8) is 0 Å². The molecular formula is C29H34N4O3S2. The minimum atomic E-state index is -0.795. The second-order valence-electron chi connectivity index (χ2n) is 9.47. The predicted octanol–water partition coefficient (Wildman–Crippen LogP) is 5.71. The van der Waals surface area contributed by atoms with Gasteiger partial charge in [-0.1, -0.05) is 99.4 Å². The van der Waals surface area contributed by atoms with E-state index >= 15 is 0 Å². The molecule has 200 valence electrons. The number of rotatable bonds is 12. The standard InChI is InChI=1S/C29H34N4O3S2/c1-3-4-5-6-7-11-16-33-28(36)24(38-29(33)37)18-22-25(30-19-23(34)21-14-9-8-10-15-21)31-26-20(2)13-12-17-32(26)27(22)35/h8-10,12-15,17-18,23,30,34H,3-7,11,16,19H2,1-2H3. The highest BCUT2D eigenvalue weighted by molar-refractivity contribution is 8.26. The Labute approximate surface area is 233 Å². The molecule has 4 rings (SSSR count). The predicted molar refractivity (Wildman–Crippen MR) is 159 cm³/mol. The second-order valence-corrected chi connectivity index (χ2v) is 11.1.